The zero-order valence-corrected chi connectivity index (χ0v) is 9.88. The van der Waals surface area contributed by atoms with Crippen molar-refractivity contribution in [3.05, 3.63) is 41.5 Å². The maximum absolute atomic E-state index is 11.0. The second kappa shape index (κ2) is 5.31. The number of hydrogen-bond acceptors (Lipinski definition) is 5. The number of aromatic carboxylic acids is 1. The number of anilines is 1. The lowest BCUT2D eigenvalue weighted by molar-refractivity contribution is 0.0698. The minimum atomic E-state index is -0.950. The molecular formula is C12H13N3O3. The summed E-state index contributed by atoms with van der Waals surface area (Å²) in [6.07, 6.45) is 0.575. The van der Waals surface area contributed by atoms with Crippen LogP contribution in [-0.2, 0) is 6.42 Å². The third-order valence-electron chi connectivity index (χ3n) is 2.39. The molecule has 1 aromatic heterocycles. The number of rotatable bonds is 5. The Kier molecular flexibility index (Phi) is 3.57. The monoisotopic (exact) mass is 247 g/mol. The van der Waals surface area contributed by atoms with E-state index in [1.807, 2.05) is 0 Å². The maximum Gasteiger partial charge on any atom is 0.337 e. The van der Waals surface area contributed by atoms with Crippen LogP contribution in [0.4, 0.5) is 5.69 Å². The van der Waals surface area contributed by atoms with Crippen molar-refractivity contribution in [1.82, 2.24) is 10.1 Å². The molecule has 0 fully saturated rings. The van der Waals surface area contributed by atoms with Crippen molar-refractivity contribution in [2.24, 2.45) is 0 Å². The molecule has 2 N–H and O–H groups in total. The third kappa shape index (κ3) is 2.85. The number of nitrogens with one attached hydrogen (secondary N) is 1. The average Bonchev–Trinajstić information content (AvgIpc) is 2.75. The molecule has 1 heterocycles. The number of carbonyl (C=O) groups is 1. The number of carboxylic acid groups (broad SMARTS) is 1. The van der Waals surface area contributed by atoms with Crippen LogP contribution in [0, 0.1) is 6.92 Å². The third-order valence-corrected chi connectivity index (χ3v) is 2.39. The van der Waals surface area contributed by atoms with Crippen molar-refractivity contribution in [1.29, 1.82) is 0 Å². The van der Waals surface area contributed by atoms with Gasteiger partial charge < -0.3 is 14.9 Å². The molecule has 0 aliphatic rings. The number of aromatic nitrogens is 2. The van der Waals surface area contributed by atoms with Crippen molar-refractivity contribution in [2.45, 2.75) is 13.3 Å². The zero-order chi connectivity index (χ0) is 13.0. The Bertz CT molecular complexity index is 551. The van der Waals surface area contributed by atoms with E-state index in [0.717, 1.165) is 0 Å². The SMILES string of the molecule is Cc1nc(CCNc2ccccc2C(=O)O)no1. The van der Waals surface area contributed by atoms with E-state index in [2.05, 4.69) is 15.5 Å². The number of nitrogens with zero attached hydrogens (tertiary/aromatic N) is 2. The van der Waals surface area contributed by atoms with Gasteiger partial charge in [-0.25, -0.2) is 4.79 Å². The second-order valence-electron chi connectivity index (χ2n) is 3.76. The molecule has 6 nitrogen and oxygen atoms in total. The fourth-order valence-electron chi connectivity index (χ4n) is 1.58. The van der Waals surface area contributed by atoms with Crippen molar-refractivity contribution >= 4 is 11.7 Å². The van der Waals surface area contributed by atoms with Crippen molar-refractivity contribution in [2.75, 3.05) is 11.9 Å². The first kappa shape index (κ1) is 12.1. The molecular weight excluding hydrogens is 234 g/mol. The van der Waals surface area contributed by atoms with Crippen LogP contribution in [0.5, 0.6) is 0 Å². The van der Waals surface area contributed by atoms with Gasteiger partial charge in [0.1, 0.15) is 0 Å². The van der Waals surface area contributed by atoms with Crippen LogP contribution in [0.3, 0.4) is 0 Å². The fraction of sp³-hybridized carbons (Fsp3) is 0.250. The van der Waals surface area contributed by atoms with Crippen molar-refractivity contribution < 1.29 is 14.4 Å². The zero-order valence-electron chi connectivity index (χ0n) is 9.88. The van der Waals surface area contributed by atoms with Gasteiger partial charge in [0, 0.05) is 25.6 Å². The maximum atomic E-state index is 11.0. The van der Waals surface area contributed by atoms with Gasteiger partial charge in [0.25, 0.3) is 0 Å². The molecule has 0 atom stereocenters. The molecule has 1 aromatic carbocycles. The predicted molar refractivity (Wildman–Crippen MR) is 64.6 cm³/mol. The van der Waals surface area contributed by atoms with Crippen LogP contribution in [0.1, 0.15) is 22.1 Å². The number of aryl methyl sites for hydroxylation is 1. The van der Waals surface area contributed by atoms with Gasteiger partial charge in [0.15, 0.2) is 5.82 Å². The van der Waals surface area contributed by atoms with Crippen molar-refractivity contribution in [3.63, 3.8) is 0 Å². The number of benzene rings is 1. The minimum absolute atomic E-state index is 0.252. The Balaban J connectivity index is 1.96. The van der Waals surface area contributed by atoms with E-state index in [0.29, 0.717) is 30.4 Å². The molecule has 2 rings (SSSR count). The molecule has 0 saturated heterocycles. The molecule has 94 valence electrons. The molecule has 0 amide bonds. The van der Waals surface area contributed by atoms with Crippen LogP contribution in [0.15, 0.2) is 28.8 Å². The lowest BCUT2D eigenvalue weighted by Crippen LogP contribution is -2.10. The van der Waals surface area contributed by atoms with E-state index in [-0.39, 0.29) is 5.56 Å². The smallest absolute Gasteiger partial charge is 0.337 e. The Hall–Kier alpha value is -2.37. The van der Waals surface area contributed by atoms with Gasteiger partial charge in [0.05, 0.1) is 5.56 Å². The minimum Gasteiger partial charge on any atom is -0.478 e. The highest BCUT2D eigenvalue weighted by Crippen LogP contribution is 2.14. The van der Waals surface area contributed by atoms with Crippen LogP contribution < -0.4 is 5.32 Å². The first-order chi connectivity index (χ1) is 8.66. The summed E-state index contributed by atoms with van der Waals surface area (Å²) in [6, 6.07) is 6.76. The molecule has 0 saturated carbocycles. The topological polar surface area (TPSA) is 88.2 Å². The summed E-state index contributed by atoms with van der Waals surface area (Å²) in [5.74, 6) is 0.178. The summed E-state index contributed by atoms with van der Waals surface area (Å²) < 4.78 is 4.85. The summed E-state index contributed by atoms with van der Waals surface area (Å²) in [7, 11) is 0. The number of hydrogen-bond donors (Lipinski definition) is 2. The first-order valence-electron chi connectivity index (χ1n) is 5.52. The van der Waals surface area contributed by atoms with Gasteiger partial charge in [0.2, 0.25) is 5.89 Å². The van der Waals surface area contributed by atoms with E-state index < -0.39 is 5.97 Å². The summed E-state index contributed by atoms with van der Waals surface area (Å²) in [6.45, 7) is 2.27. The Morgan fingerprint density at radius 3 is 2.89 bits per heavy atom. The molecule has 0 bridgehead atoms. The first-order valence-corrected chi connectivity index (χ1v) is 5.52. The van der Waals surface area contributed by atoms with Crippen LogP contribution in [-0.4, -0.2) is 27.8 Å². The molecule has 18 heavy (non-hydrogen) atoms. The quantitative estimate of drug-likeness (QED) is 0.836. The molecule has 2 aromatic rings. The summed E-state index contributed by atoms with van der Waals surface area (Å²) in [5.41, 5.74) is 0.840. The van der Waals surface area contributed by atoms with Crippen LogP contribution in [0.25, 0.3) is 0 Å². The van der Waals surface area contributed by atoms with Gasteiger partial charge in [-0.05, 0) is 12.1 Å². The summed E-state index contributed by atoms with van der Waals surface area (Å²) in [4.78, 5) is 15.0. The van der Waals surface area contributed by atoms with Crippen molar-refractivity contribution in [3.8, 4) is 0 Å². The van der Waals surface area contributed by atoms with E-state index in [1.165, 1.54) is 0 Å². The fourth-order valence-corrected chi connectivity index (χ4v) is 1.58. The average molecular weight is 247 g/mol. The highest BCUT2D eigenvalue weighted by Gasteiger charge is 2.08. The molecule has 0 unspecified atom stereocenters. The Morgan fingerprint density at radius 2 is 2.22 bits per heavy atom. The van der Waals surface area contributed by atoms with E-state index in [9.17, 15) is 4.79 Å². The van der Waals surface area contributed by atoms with Gasteiger partial charge in [-0.1, -0.05) is 17.3 Å². The lowest BCUT2D eigenvalue weighted by Gasteiger charge is -2.07. The Morgan fingerprint density at radius 1 is 1.44 bits per heavy atom. The highest BCUT2D eigenvalue weighted by atomic mass is 16.5. The van der Waals surface area contributed by atoms with Gasteiger partial charge in [-0.3, -0.25) is 0 Å². The molecule has 0 aliphatic carbocycles. The van der Waals surface area contributed by atoms with Crippen LogP contribution in [0.2, 0.25) is 0 Å². The Labute approximate surface area is 104 Å². The van der Waals surface area contributed by atoms with E-state index in [4.69, 9.17) is 9.63 Å². The van der Waals surface area contributed by atoms with Gasteiger partial charge in [-0.15, -0.1) is 0 Å². The molecule has 0 aliphatic heterocycles. The largest absolute Gasteiger partial charge is 0.478 e. The summed E-state index contributed by atoms with van der Waals surface area (Å²) in [5, 5.41) is 15.8. The van der Waals surface area contributed by atoms with E-state index in [1.54, 1.807) is 31.2 Å². The number of carboxylic acids is 1. The second-order valence-corrected chi connectivity index (χ2v) is 3.76. The summed E-state index contributed by atoms with van der Waals surface area (Å²) >= 11 is 0. The van der Waals surface area contributed by atoms with Gasteiger partial charge in [-0.2, -0.15) is 4.98 Å². The highest BCUT2D eigenvalue weighted by molar-refractivity contribution is 5.94. The normalized spacial score (nSPS) is 10.3. The lowest BCUT2D eigenvalue weighted by atomic mass is 10.2. The van der Waals surface area contributed by atoms with Gasteiger partial charge >= 0.3 is 5.97 Å². The predicted octanol–water partition coefficient (Wildman–Crippen LogP) is 1.73. The van der Waals surface area contributed by atoms with E-state index >= 15 is 0 Å². The molecule has 0 radical (unpaired) electrons. The van der Waals surface area contributed by atoms with Crippen LogP contribution >= 0.6 is 0 Å². The molecule has 6 heteroatoms. The molecule has 0 spiro atoms. The standard InChI is InChI=1S/C12H13N3O3/c1-8-14-11(15-18-8)6-7-13-10-5-3-2-4-9(10)12(16)17/h2-5,13H,6-7H2,1H3,(H,16,17). The number of para-hydroxylation sites is 1.